The lowest BCUT2D eigenvalue weighted by Crippen LogP contribution is -2.29. The van der Waals surface area contributed by atoms with Gasteiger partial charge in [0.05, 0.1) is 24.7 Å². The monoisotopic (exact) mass is 305 g/mol. The predicted octanol–water partition coefficient (Wildman–Crippen LogP) is 2.96. The van der Waals surface area contributed by atoms with Gasteiger partial charge in [-0.2, -0.15) is 0 Å². The number of aromatic nitrogens is 2. The highest BCUT2D eigenvalue weighted by atomic mass is 32.1. The van der Waals surface area contributed by atoms with E-state index in [0.29, 0.717) is 5.92 Å². The number of nitrogens with zero attached hydrogens (tertiary/aromatic N) is 2. The SMILES string of the molecule is CC(C)(Cn1cncc1C(N)C1CCOC1)c1cccs1. The van der Waals surface area contributed by atoms with Gasteiger partial charge in [0.15, 0.2) is 0 Å². The second kappa shape index (κ2) is 5.91. The summed E-state index contributed by atoms with van der Waals surface area (Å²) < 4.78 is 7.68. The maximum Gasteiger partial charge on any atom is 0.0948 e. The lowest BCUT2D eigenvalue weighted by Gasteiger charge is -2.27. The van der Waals surface area contributed by atoms with Crippen LogP contribution in [0.15, 0.2) is 30.0 Å². The third-order valence-corrected chi connectivity index (χ3v) is 5.55. The summed E-state index contributed by atoms with van der Waals surface area (Å²) in [5.41, 5.74) is 7.64. The summed E-state index contributed by atoms with van der Waals surface area (Å²) in [5.74, 6) is 0.408. The summed E-state index contributed by atoms with van der Waals surface area (Å²) in [4.78, 5) is 5.71. The van der Waals surface area contributed by atoms with Crippen molar-refractivity contribution in [3.05, 3.63) is 40.6 Å². The number of rotatable bonds is 5. The van der Waals surface area contributed by atoms with Crippen LogP contribution in [0, 0.1) is 5.92 Å². The number of imidazole rings is 1. The molecule has 2 atom stereocenters. The molecule has 3 rings (SSSR count). The normalized spacial score (nSPS) is 20.8. The average Bonchev–Trinajstić information content (AvgIpc) is 3.20. The summed E-state index contributed by atoms with van der Waals surface area (Å²) in [6, 6.07) is 4.32. The smallest absolute Gasteiger partial charge is 0.0948 e. The highest BCUT2D eigenvalue weighted by Crippen LogP contribution is 2.32. The molecule has 0 aromatic carbocycles. The summed E-state index contributed by atoms with van der Waals surface area (Å²) >= 11 is 1.81. The molecule has 2 unspecified atom stereocenters. The second-order valence-electron chi connectivity index (χ2n) is 6.46. The van der Waals surface area contributed by atoms with Crippen LogP contribution in [0.5, 0.6) is 0 Å². The van der Waals surface area contributed by atoms with E-state index < -0.39 is 0 Å². The van der Waals surface area contributed by atoms with Crippen LogP contribution in [0.3, 0.4) is 0 Å². The van der Waals surface area contributed by atoms with Gasteiger partial charge in [-0.1, -0.05) is 19.9 Å². The van der Waals surface area contributed by atoms with E-state index in [-0.39, 0.29) is 11.5 Å². The molecule has 1 aliphatic heterocycles. The highest BCUT2D eigenvalue weighted by molar-refractivity contribution is 7.10. The average molecular weight is 305 g/mol. The molecule has 0 spiro atoms. The summed E-state index contributed by atoms with van der Waals surface area (Å²) in [7, 11) is 0. The van der Waals surface area contributed by atoms with Crippen LogP contribution in [-0.4, -0.2) is 22.8 Å². The van der Waals surface area contributed by atoms with Crippen molar-refractivity contribution in [2.45, 2.75) is 38.3 Å². The largest absolute Gasteiger partial charge is 0.381 e. The van der Waals surface area contributed by atoms with Crippen molar-refractivity contribution in [2.75, 3.05) is 13.2 Å². The topological polar surface area (TPSA) is 53.1 Å². The Morgan fingerprint density at radius 1 is 1.57 bits per heavy atom. The van der Waals surface area contributed by atoms with Gasteiger partial charge in [-0.15, -0.1) is 11.3 Å². The molecule has 0 radical (unpaired) electrons. The molecule has 2 N–H and O–H groups in total. The molecule has 1 saturated heterocycles. The van der Waals surface area contributed by atoms with Gasteiger partial charge in [0, 0.05) is 35.6 Å². The Balaban J connectivity index is 1.79. The maximum atomic E-state index is 6.44. The quantitative estimate of drug-likeness (QED) is 0.924. The van der Waals surface area contributed by atoms with Crippen molar-refractivity contribution in [3.8, 4) is 0 Å². The molecule has 2 aromatic heterocycles. The Morgan fingerprint density at radius 3 is 3.10 bits per heavy atom. The standard InChI is InChI=1S/C16H23N3OS/c1-16(2,14-4-3-7-21-14)10-19-11-18-8-13(19)15(17)12-5-6-20-9-12/h3-4,7-8,11-12,15H,5-6,9-10,17H2,1-2H3. The number of ether oxygens (including phenoxy) is 1. The van der Waals surface area contributed by atoms with Crippen LogP contribution in [0.4, 0.5) is 0 Å². The lowest BCUT2D eigenvalue weighted by atomic mass is 9.90. The fourth-order valence-corrected chi connectivity index (χ4v) is 3.83. The third kappa shape index (κ3) is 3.05. The molecule has 4 nitrogen and oxygen atoms in total. The van der Waals surface area contributed by atoms with Crippen LogP contribution < -0.4 is 5.73 Å². The van der Waals surface area contributed by atoms with Gasteiger partial charge in [0.25, 0.3) is 0 Å². The number of hydrogen-bond donors (Lipinski definition) is 1. The van der Waals surface area contributed by atoms with Crippen molar-refractivity contribution < 1.29 is 4.74 Å². The fourth-order valence-electron chi connectivity index (χ4n) is 2.99. The fraction of sp³-hybridized carbons (Fsp3) is 0.562. The van der Waals surface area contributed by atoms with Gasteiger partial charge in [-0.05, 0) is 17.9 Å². The zero-order valence-electron chi connectivity index (χ0n) is 12.7. The molecular formula is C16H23N3OS. The molecule has 21 heavy (non-hydrogen) atoms. The van der Waals surface area contributed by atoms with E-state index in [1.54, 1.807) is 11.3 Å². The van der Waals surface area contributed by atoms with Crippen LogP contribution in [0.25, 0.3) is 0 Å². The molecule has 0 bridgehead atoms. The number of hydrogen-bond acceptors (Lipinski definition) is 4. The first kappa shape index (κ1) is 14.8. The molecule has 2 aromatic rings. The molecule has 5 heteroatoms. The van der Waals surface area contributed by atoms with E-state index in [2.05, 4.69) is 40.9 Å². The minimum Gasteiger partial charge on any atom is -0.381 e. The van der Waals surface area contributed by atoms with Crippen LogP contribution in [-0.2, 0) is 16.7 Å². The summed E-state index contributed by atoms with van der Waals surface area (Å²) in [6.45, 7) is 7.03. The first-order valence-electron chi connectivity index (χ1n) is 7.45. The zero-order valence-corrected chi connectivity index (χ0v) is 13.5. The van der Waals surface area contributed by atoms with Crippen molar-refractivity contribution in [3.63, 3.8) is 0 Å². The maximum absolute atomic E-state index is 6.44. The van der Waals surface area contributed by atoms with Crippen molar-refractivity contribution >= 4 is 11.3 Å². The third-order valence-electron chi connectivity index (χ3n) is 4.31. The molecule has 3 heterocycles. The number of nitrogens with two attached hydrogens (primary N) is 1. The van der Waals surface area contributed by atoms with Crippen LogP contribution in [0.1, 0.15) is 36.9 Å². The summed E-state index contributed by atoms with van der Waals surface area (Å²) in [5, 5.41) is 2.13. The highest BCUT2D eigenvalue weighted by Gasteiger charge is 2.29. The molecule has 114 valence electrons. The Labute approximate surface area is 129 Å². The molecule has 0 amide bonds. The van der Waals surface area contributed by atoms with E-state index in [9.17, 15) is 0 Å². The van der Waals surface area contributed by atoms with E-state index in [0.717, 1.165) is 31.9 Å². The molecule has 0 saturated carbocycles. The van der Waals surface area contributed by atoms with Gasteiger partial charge in [-0.25, -0.2) is 4.98 Å². The van der Waals surface area contributed by atoms with E-state index in [1.165, 1.54) is 4.88 Å². The molecular weight excluding hydrogens is 282 g/mol. The first-order valence-corrected chi connectivity index (χ1v) is 8.33. The Hall–Kier alpha value is -1.17. The molecule has 1 fully saturated rings. The van der Waals surface area contributed by atoms with Gasteiger partial charge in [0.1, 0.15) is 0 Å². The van der Waals surface area contributed by atoms with Crippen LogP contribution in [0.2, 0.25) is 0 Å². The zero-order chi connectivity index (χ0) is 14.9. The van der Waals surface area contributed by atoms with Gasteiger partial charge in [-0.3, -0.25) is 0 Å². The van der Waals surface area contributed by atoms with Gasteiger partial charge in [0.2, 0.25) is 0 Å². The van der Waals surface area contributed by atoms with Gasteiger partial charge < -0.3 is 15.0 Å². The molecule has 1 aliphatic rings. The van der Waals surface area contributed by atoms with E-state index in [4.69, 9.17) is 10.5 Å². The van der Waals surface area contributed by atoms with Gasteiger partial charge >= 0.3 is 0 Å². The van der Waals surface area contributed by atoms with E-state index >= 15 is 0 Å². The minimum atomic E-state index is 0.00846. The van der Waals surface area contributed by atoms with Crippen LogP contribution >= 0.6 is 11.3 Å². The Kier molecular flexibility index (Phi) is 4.15. The Morgan fingerprint density at radius 2 is 2.43 bits per heavy atom. The molecule has 0 aliphatic carbocycles. The van der Waals surface area contributed by atoms with E-state index in [1.807, 2.05) is 12.5 Å². The first-order chi connectivity index (χ1) is 10.1. The number of thiophene rings is 1. The predicted molar refractivity (Wildman–Crippen MR) is 85.4 cm³/mol. The Bertz CT molecular complexity index is 570. The van der Waals surface area contributed by atoms with Crippen molar-refractivity contribution in [1.82, 2.24) is 9.55 Å². The van der Waals surface area contributed by atoms with Crippen molar-refractivity contribution in [1.29, 1.82) is 0 Å². The summed E-state index contributed by atoms with van der Waals surface area (Å²) in [6.07, 6.45) is 4.86. The second-order valence-corrected chi connectivity index (χ2v) is 7.40. The minimum absolute atomic E-state index is 0.00846. The lowest BCUT2D eigenvalue weighted by molar-refractivity contribution is 0.180. The van der Waals surface area contributed by atoms with Crippen molar-refractivity contribution in [2.24, 2.45) is 11.7 Å².